The van der Waals surface area contributed by atoms with E-state index in [1.165, 1.54) is 6.39 Å². The van der Waals surface area contributed by atoms with Crippen molar-refractivity contribution in [1.29, 1.82) is 0 Å². The van der Waals surface area contributed by atoms with E-state index in [-0.39, 0.29) is 23.5 Å². The average Bonchev–Trinajstić information content (AvgIpc) is 3.10. The molecule has 1 aliphatic rings. The number of hydrogen-bond acceptors (Lipinski definition) is 5. The van der Waals surface area contributed by atoms with Crippen LogP contribution in [0.15, 0.2) is 16.0 Å². The molecule has 1 aromatic heterocycles. The number of oxime groups is 1. The highest BCUT2D eigenvalue weighted by Gasteiger charge is 2.34. The van der Waals surface area contributed by atoms with Gasteiger partial charge in [-0.05, 0) is 19.8 Å². The number of nitrogens with zero attached hydrogens (tertiary/aromatic N) is 3. The van der Waals surface area contributed by atoms with Crippen molar-refractivity contribution in [2.24, 2.45) is 10.9 Å². The highest BCUT2D eigenvalue weighted by molar-refractivity contribution is 5.93. The molecule has 0 atom stereocenters. The zero-order chi connectivity index (χ0) is 13.1. The summed E-state index contributed by atoms with van der Waals surface area (Å²) in [6.45, 7) is 2.14. The first kappa shape index (κ1) is 12.4. The molecule has 0 radical (unpaired) electrons. The number of carbonyl (C=O) groups is 1. The smallest absolute Gasteiger partial charge is 0.291 e. The van der Waals surface area contributed by atoms with Gasteiger partial charge >= 0.3 is 0 Å². The predicted octanol–water partition coefficient (Wildman–Crippen LogP) is 0.724. The van der Waals surface area contributed by atoms with Gasteiger partial charge in [0.05, 0.1) is 5.69 Å². The van der Waals surface area contributed by atoms with Crippen LogP contribution in [0.25, 0.3) is 0 Å². The van der Waals surface area contributed by atoms with E-state index < -0.39 is 0 Å². The number of carbonyl (C=O) groups excluding carboxylic acids is 1. The Morgan fingerprint density at radius 2 is 2.44 bits per heavy atom. The molecular formula is C11H16N4O3. The number of aromatic nitrogens is 1. The molecule has 3 N–H and O–H groups in total. The van der Waals surface area contributed by atoms with Crippen LogP contribution in [0.3, 0.4) is 0 Å². The molecule has 0 aromatic carbocycles. The summed E-state index contributed by atoms with van der Waals surface area (Å²) < 4.78 is 5.10. The van der Waals surface area contributed by atoms with Crippen LogP contribution in [0.4, 0.5) is 0 Å². The lowest BCUT2D eigenvalue weighted by atomic mass is 10.3. The minimum atomic E-state index is -0.182. The van der Waals surface area contributed by atoms with Crippen LogP contribution in [-0.2, 0) is 0 Å². The summed E-state index contributed by atoms with van der Waals surface area (Å²) in [5, 5.41) is 11.4. The van der Waals surface area contributed by atoms with Gasteiger partial charge in [-0.25, -0.2) is 4.98 Å². The molecule has 1 fully saturated rings. The van der Waals surface area contributed by atoms with E-state index in [4.69, 9.17) is 15.4 Å². The topological polar surface area (TPSA) is 105 Å². The number of amidine groups is 1. The first-order chi connectivity index (χ1) is 8.63. The van der Waals surface area contributed by atoms with Gasteiger partial charge in [-0.3, -0.25) is 4.79 Å². The summed E-state index contributed by atoms with van der Waals surface area (Å²) in [5.74, 6) is 0.197. The summed E-state index contributed by atoms with van der Waals surface area (Å²) in [4.78, 5) is 17.9. The number of hydrogen-bond donors (Lipinski definition) is 2. The maximum Gasteiger partial charge on any atom is 0.291 e. The molecule has 98 valence electrons. The predicted molar refractivity (Wildman–Crippen MR) is 63.3 cm³/mol. The average molecular weight is 252 g/mol. The van der Waals surface area contributed by atoms with Gasteiger partial charge in [0.15, 0.2) is 6.39 Å². The SMILES string of the molecule is Cc1ncoc1C(=O)N(CCC(N)=NO)C1CC1. The Labute approximate surface area is 104 Å². The third kappa shape index (κ3) is 2.61. The maximum absolute atomic E-state index is 12.3. The van der Waals surface area contributed by atoms with Gasteiger partial charge in [-0.1, -0.05) is 5.16 Å². The van der Waals surface area contributed by atoms with Crippen molar-refractivity contribution in [2.45, 2.75) is 32.2 Å². The monoisotopic (exact) mass is 252 g/mol. The molecule has 7 nitrogen and oxygen atoms in total. The van der Waals surface area contributed by atoms with Gasteiger partial charge in [-0.2, -0.15) is 0 Å². The van der Waals surface area contributed by atoms with Crippen LogP contribution in [0, 0.1) is 6.92 Å². The second-order valence-corrected chi connectivity index (χ2v) is 4.34. The number of rotatable bonds is 5. The highest BCUT2D eigenvalue weighted by Crippen LogP contribution is 2.28. The maximum atomic E-state index is 12.3. The molecule has 2 rings (SSSR count). The fraction of sp³-hybridized carbons (Fsp3) is 0.545. The van der Waals surface area contributed by atoms with Gasteiger partial charge in [-0.15, -0.1) is 0 Å². The molecule has 18 heavy (non-hydrogen) atoms. The number of nitrogens with two attached hydrogens (primary N) is 1. The Morgan fingerprint density at radius 3 is 2.94 bits per heavy atom. The molecule has 1 aromatic rings. The molecule has 0 aliphatic heterocycles. The number of amides is 1. The number of aryl methyl sites for hydroxylation is 1. The Hall–Kier alpha value is -2.05. The second kappa shape index (κ2) is 5.07. The third-order valence-corrected chi connectivity index (χ3v) is 2.93. The lowest BCUT2D eigenvalue weighted by Crippen LogP contribution is -2.36. The highest BCUT2D eigenvalue weighted by atomic mass is 16.4. The van der Waals surface area contributed by atoms with Gasteiger partial charge in [0.1, 0.15) is 5.84 Å². The van der Waals surface area contributed by atoms with Crippen molar-refractivity contribution in [1.82, 2.24) is 9.88 Å². The molecule has 0 unspecified atom stereocenters. The van der Waals surface area contributed by atoms with Gasteiger partial charge in [0, 0.05) is 19.0 Å². The lowest BCUT2D eigenvalue weighted by Gasteiger charge is -2.20. The van der Waals surface area contributed by atoms with Crippen LogP contribution in [0.5, 0.6) is 0 Å². The standard InChI is InChI=1S/C11H16N4O3/c1-7-10(18-6-13-7)11(16)15(8-2-3-8)5-4-9(12)14-17/h6,8,17H,2-5H2,1H3,(H2,12,14). The van der Waals surface area contributed by atoms with Crippen LogP contribution in [-0.4, -0.2) is 39.4 Å². The molecular weight excluding hydrogens is 236 g/mol. The minimum Gasteiger partial charge on any atom is -0.438 e. The quantitative estimate of drug-likeness (QED) is 0.348. The van der Waals surface area contributed by atoms with Gasteiger partial charge in [0.2, 0.25) is 5.76 Å². The van der Waals surface area contributed by atoms with Crippen molar-refractivity contribution in [3.63, 3.8) is 0 Å². The minimum absolute atomic E-state index is 0.114. The normalized spacial score (nSPS) is 15.7. The van der Waals surface area contributed by atoms with E-state index in [1.54, 1.807) is 11.8 Å². The van der Waals surface area contributed by atoms with Gasteiger partial charge < -0.3 is 20.3 Å². The van der Waals surface area contributed by atoms with E-state index in [0.717, 1.165) is 12.8 Å². The van der Waals surface area contributed by atoms with Crippen molar-refractivity contribution < 1.29 is 14.4 Å². The van der Waals surface area contributed by atoms with E-state index in [1.807, 2.05) is 0 Å². The molecule has 1 aliphatic carbocycles. The van der Waals surface area contributed by atoms with E-state index in [9.17, 15) is 4.79 Å². The summed E-state index contributed by atoms with van der Waals surface area (Å²) in [5.41, 5.74) is 5.99. The van der Waals surface area contributed by atoms with Crippen LogP contribution in [0.2, 0.25) is 0 Å². The van der Waals surface area contributed by atoms with E-state index in [2.05, 4.69) is 10.1 Å². The summed E-state index contributed by atoms with van der Waals surface area (Å²) >= 11 is 0. The fourth-order valence-electron chi connectivity index (χ4n) is 1.76. The molecule has 1 saturated carbocycles. The second-order valence-electron chi connectivity index (χ2n) is 4.34. The molecule has 7 heteroatoms. The van der Waals surface area contributed by atoms with Crippen LogP contribution < -0.4 is 5.73 Å². The van der Waals surface area contributed by atoms with Gasteiger partial charge in [0.25, 0.3) is 5.91 Å². The third-order valence-electron chi connectivity index (χ3n) is 2.93. The van der Waals surface area contributed by atoms with Crippen molar-refractivity contribution >= 4 is 11.7 Å². The zero-order valence-corrected chi connectivity index (χ0v) is 10.2. The fourth-order valence-corrected chi connectivity index (χ4v) is 1.76. The Bertz CT molecular complexity index is 465. The Balaban J connectivity index is 2.06. The molecule has 1 amide bonds. The lowest BCUT2D eigenvalue weighted by molar-refractivity contribution is 0.0714. The van der Waals surface area contributed by atoms with Crippen molar-refractivity contribution in [3.8, 4) is 0 Å². The first-order valence-electron chi connectivity index (χ1n) is 5.81. The van der Waals surface area contributed by atoms with E-state index >= 15 is 0 Å². The first-order valence-corrected chi connectivity index (χ1v) is 5.81. The molecule has 1 heterocycles. The molecule has 0 bridgehead atoms. The largest absolute Gasteiger partial charge is 0.438 e. The molecule has 0 spiro atoms. The summed E-state index contributed by atoms with van der Waals surface area (Å²) in [7, 11) is 0. The molecule has 0 saturated heterocycles. The van der Waals surface area contributed by atoms with Crippen LogP contribution >= 0.6 is 0 Å². The van der Waals surface area contributed by atoms with Crippen molar-refractivity contribution in [2.75, 3.05) is 6.54 Å². The Kier molecular flexibility index (Phi) is 3.50. The van der Waals surface area contributed by atoms with Crippen molar-refractivity contribution in [3.05, 3.63) is 17.8 Å². The number of oxazole rings is 1. The Morgan fingerprint density at radius 1 is 1.72 bits per heavy atom. The van der Waals surface area contributed by atoms with Crippen LogP contribution in [0.1, 0.15) is 35.5 Å². The summed E-state index contributed by atoms with van der Waals surface area (Å²) in [6.07, 6.45) is 3.56. The zero-order valence-electron chi connectivity index (χ0n) is 10.2. The summed E-state index contributed by atoms with van der Waals surface area (Å²) in [6, 6.07) is 0.230. The van der Waals surface area contributed by atoms with E-state index in [0.29, 0.717) is 18.7 Å².